The number of methoxy groups -OCH3 is 1. The summed E-state index contributed by atoms with van der Waals surface area (Å²) < 4.78 is 10.4. The van der Waals surface area contributed by atoms with Crippen LogP contribution < -0.4 is 10.1 Å². The van der Waals surface area contributed by atoms with Gasteiger partial charge in [-0.15, -0.1) is 12.3 Å². The first-order chi connectivity index (χ1) is 9.35. The molecule has 0 saturated heterocycles. The van der Waals surface area contributed by atoms with Crippen LogP contribution >= 0.6 is 0 Å². The molecule has 4 heteroatoms. The molecule has 0 spiro atoms. The van der Waals surface area contributed by atoms with Crippen molar-refractivity contribution in [2.75, 3.05) is 12.4 Å². The normalized spacial score (nSPS) is 10.6. The molecule has 1 N–H and O–H groups in total. The minimum Gasteiger partial charge on any atom is -0.497 e. The van der Waals surface area contributed by atoms with Crippen LogP contribution in [0, 0.1) is 12.3 Å². The summed E-state index contributed by atoms with van der Waals surface area (Å²) in [5.74, 6) is 3.26. The molecule has 108 valence electrons. The van der Waals surface area contributed by atoms with Crippen LogP contribution in [0.5, 0.6) is 5.75 Å². The Bertz CT molecular complexity index is 509. The van der Waals surface area contributed by atoms with E-state index >= 15 is 0 Å². The quantitative estimate of drug-likeness (QED) is 0.854. The average molecular weight is 275 g/mol. The van der Waals surface area contributed by atoms with E-state index in [2.05, 4.69) is 11.2 Å². The van der Waals surface area contributed by atoms with Crippen molar-refractivity contribution in [3.63, 3.8) is 0 Å². The first kappa shape index (κ1) is 15.9. The number of benzene rings is 1. The smallest absolute Gasteiger partial charge is 0.412 e. The molecule has 20 heavy (non-hydrogen) atoms. The summed E-state index contributed by atoms with van der Waals surface area (Å²) in [7, 11) is 1.58. The van der Waals surface area contributed by atoms with E-state index in [1.54, 1.807) is 13.2 Å². The highest BCUT2D eigenvalue weighted by molar-refractivity contribution is 5.86. The van der Waals surface area contributed by atoms with Crippen molar-refractivity contribution in [1.29, 1.82) is 0 Å². The summed E-state index contributed by atoms with van der Waals surface area (Å²) in [4.78, 5) is 11.8. The molecule has 1 amide bonds. The molecule has 1 rings (SSSR count). The highest BCUT2D eigenvalue weighted by Crippen LogP contribution is 2.24. The van der Waals surface area contributed by atoms with Gasteiger partial charge in [-0.2, -0.15) is 0 Å². The zero-order valence-electron chi connectivity index (χ0n) is 12.4. The van der Waals surface area contributed by atoms with E-state index < -0.39 is 11.7 Å². The molecule has 0 aliphatic heterocycles. The van der Waals surface area contributed by atoms with Crippen LogP contribution in [0.1, 0.15) is 32.8 Å². The fraction of sp³-hybridized carbons (Fsp3) is 0.438. The highest BCUT2D eigenvalue weighted by Gasteiger charge is 2.17. The van der Waals surface area contributed by atoms with Gasteiger partial charge in [0.05, 0.1) is 12.8 Å². The van der Waals surface area contributed by atoms with Crippen molar-refractivity contribution < 1.29 is 14.3 Å². The lowest BCUT2D eigenvalue weighted by Crippen LogP contribution is -2.27. The van der Waals surface area contributed by atoms with E-state index in [1.165, 1.54) is 0 Å². The Kier molecular flexibility index (Phi) is 5.45. The molecule has 0 bridgehead atoms. The maximum absolute atomic E-state index is 11.8. The number of carbonyl (C=O) groups excluding carboxylic acids is 1. The molecule has 0 heterocycles. The van der Waals surface area contributed by atoms with Crippen LogP contribution in [0.15, 0.2) is 18.2 Å². The van der Waals surface area contributed by atoms with Crippen LogP contribution in [0.2, 0.25) is 0 Å². The Hall–Kier alpha value is -2.15. The largest absolute Gasteiger partial charge is 0.497 e. The van der Waals surface area contributed by atoms with Crippen LogP contribution in [0.3, 0.4) is 0 Å². The van der Waals surface area contributed by atoms with Gasteiger partial charge in [0.2, 0.25) is 0 Å². The number of anilines is 1. The Morgan fingerprint density at radius 1 is 1.40 bits per heavy atom. The molecule has 1 aromatic carbocycles. The Labute approximate surface area is 120 Å². The number of hydrogen-bond donors (Lipinski definition) is 1. The van der Waals surface area contributed by atoms with Gasteiger partial charge >= 0.3 is 6.09 Å². The van der Waals surface area contributed by atoms with E-state index in [0.29, 0.717) is 24.3 Å². The summed E-state index contributed by atoms with van der Waals surface area (Å²) >= 11 is 0. The van der Waals surface area contributed by atoms with Gasteiger partial charge in [0, 0.05) is 12.5 Å². The van der Waals surface area contributed by atoms with E-state index in [-0.39, 0.29) is 0 Å². The molecule has 0 atom stereocenters. The number of amides is 1. The summed E-state index contributed by atoms with van der Waals surface area (Å²) in [6, 6.07) is 5.49. The topological polar surface area (TPSA) is 47.6 Å². The molecule has 4 nitrogen and oxygen atoms in total. The summed E-state index contributed by atoms with van der Waals surface area (Å²) in [6.45, 7) is 5.45. The highest BCUT2D eigenvalue weighted by atomic mass is 16.6. The second-order valence-corrected chi connectivity index (χ2v) is 5.35. The summed E-state index contributed by atoms with van der Waals surface area (Å²) in [5.41, 5.74) is 1.07. The number of carbonyl (C=O) groups is 1. The van der Waals surface area contributed by atoms with Crippen molar-refractivity contribution in [1.82, 2.24) is 0 Å². The molecule has 0 fully saturated rings. The minimum atomic E-state index is -0.540. The SMILES string of the molecule is C#CCCc1ccc(OC)cc1NC(=O)OC(C)(C)C. The molecular formula is C16H21NO3. The number of nitrogens with one attached hydrogen (secondary N) is 1. The second kappa shape index (κ2) is 6.85. The fourth-order valence-electron chi connectivity index (χ4n) is 1.64. The van der Waals surface area contributed by atoms with Crippen molar-refractivity contribution in [3.8, 4) is 18.1 Å². The lowest BCUT2D eigenvalue weighted by Gasteiger charge is -2.20. The zero-order valence-corrected chi connectivity index (χ0v) is 12.4. The molecular weight excluding hydrogens is 254 g/mol. The summed E-state index contributed by atoms with van der Waals surface area (Å²) in [5, 5.41) is 2.74. The van der Waals surface area contributed by atoms with E-state index in [4.69, 9.17) is 15.9 Å². The molecule has 0 radical (unpaired) electrons. The number of aryl methyl sites for hydroxylation is 1. The predicted molar refractivity (Wildman–Crippen MR) is 80.0 cm³/mol. The number of terminal acetylenes is 1. The molecule has 0 saturated carbocycles. The first-order valence-corrected chi connectivity index (χ1v) is 6.46. The van der Waals surface area contributed by atoms with Crippen LogP contribution in [-0.2, 0) is 11.2 Å². The van der Waals surface area contributed by atoms with Crippen LogP contribution in [0.4, 0.5) is 10.5 Å². The third-order valence-corrected chi connectivity index (χ3v) is 2.49. The molecule has 0 aromatic heterocycles. The van der Waals surface area contributed by atoms with Gasteiger partial charge in [0.15, 0.2) is 0 Å². The molecule has 0 aliphatic rings. The Morgan fingerprint density at radius 3 is 2.65 bits per heavy atom. The monoisotopic (exact) mass is 275 g/mol. The average Bonchev–Trinajstić information content (AvgIpc) is 2.34. The summed E-state index contributed by atoms with van der Waals surface area (Å²) in [6.07, 6.45) is 6.08. The third-order valence-electron chi connectivity index (χ3n) is 2.49. The van der Waals surface area contributed by atoms with Crippen molar-refractivity contribution >= 4 is 11.8 Å². The van der Waals surface area contributed by atoms with Gasteiger partial charge in [-0.1, -0.05) is 6.07 Å². The van der Waals surface area contributed by atoms with E-state index in [1.807, 2.05) is 32.9 Å². The van der Waals surface area contributed by atoms with Crippen molar-refractivity contribution in [2.24, 2.45) is 0 Å². The number of ether oxygens (including phenoxy) is 2. The maximum atomic E-state index is 11.8. The molecule has 0 unspecified atom stereocenters. The maximum Gasteiger partial charge on any atom is 0.412 e. The molecule has 1 aromatic rings. The Morgan fingerprint density at radius 2 is 2.10 bits per heavy atom. The van der Waals surface area contributed by atoms with Crippen molar-refractivity contribution in [2.45, 2.75) is 39.2 Å². The van der Waals surface area contributed by atoms with Gasteiger partial charge < -0.3 is 9.47 Å². The van der Waals surface area contributed by atoms with Gasteiger partial charge in [-0.25, -0.2) is 4.79 Å². The lowest BCUT2D eigenvalue weighted by atomic mass is 10.1. The van der Waals surface area contributed by atoms with Crippen molar-refractivity contribution in [3.05, 3.63) is 23.8 Å². The predicted octanol–water partition coefficient (Wildman–Crippen LogP) is 3.61. The third kappa shape index (κ3) is 5.23. The zero-order chi connectivity index (χ0) is 15.2. The molecule has 0 aliphatic carbocycles. The lowest BCUT2D eigenvalue weighted by molar-refractivity contribution is 0.0636. The second-order valence-electron chi connectivity index (χ2n) is 5.35. The number of hydrogen-bond acceptors (Lipinski definition) is 3. The van der Waals surface area contributed by atoms with Crippen LogP contribution in [-0.4, -0.2) is 18.8 Å². The van der Waals surface area contributed by atoms with E-state index in [0.717, 1.165) is 5.56 Å². The van der Waals surface area contributed by atoms with Gasteiger partial charge in [0.25, 0.3) is 0 Å². The fourth-order valence-corrected chi connectivity index (χ4v) is 1.64. The standard InChI is InChI=1S/C16H21NO3/c1-6-7-8-12-9-10-13(19-5)11-14(12)17-15(18)20-16(2,3)4/h1,9-11H,7-8H2,2-5H3,(H,17,18). The van der Waals surface area contributed by atoms with Gasteiger partial charge in [0.1, 0.15) is 11.4 Å². The Balaban J connectivity index is 2.90. The number of rotatable bonds is 4. The minimum absolute atomic E-state index is 0.493. The van der Waals surface area contributed by atoms with Gasteiger partial charge in [-0.3, -0.25) is 5.32 Å². The van der Waals surface area contributed by atoms with Gasteiger partial charge in [-0.05, 0) is 38.8 Å². The van der Waals surface area contributed by atoms with E-state index in [9.17, 15) is 4.79 Å². The van der Waals surface area contributed by atoms with Crippen LogP contribution in [0.25, 0.3) is 0 Å². The first-order valence-electron chi connectivity index (χ1n) is 6.46.